The average molecular weight is 340 g/mol. The molecule has 2 rings (SSSR count). The van der Waals surface area contributed by atoms with E-state index in [4.69, 9.17) is 0 Å². The first-order chi connectivity index (χ1) is 9.69. The summed E-state index contributed by atoms with van der Waals surface area (Å²) in [6.45, 7) is 6.21. The summed E-state index contributed by atoms with van der Waals surface area (Å²) in [7, 11) is 1.98. The van der Waals surface area contributed by atoms with Gasteiger partial charge in [-0.2, -0.15) is 10.2 Å². The highest BCUT2D eigenvalue weighted by Gasteiger charge is 2.23. The van der Waals surface area contributed by atoms with E-state index in [-0.39, 0.29) is 6.04 Å². The largest absolute Gasteiger partial charge is 0.304 e. The minimum absolute atomic E-state index is 0.103. The monoisotopic (exact) mass is 339 g/mol. The molecular formula is C14H22BrN5. The van der Waals surface area contributed by atoms with Crippen molar-refractivity contribution in [3.05, 3.63) is 34.3 Å². The van der Waals surface area contributed by atoms with E-state index in [1.807, 2.05) is 24.1 Å². The summed E-state index contributed by atoms with van der Waals surface area (Å²) in [5.74, 6) is 0. The average Bonchev–Trinajstić information content (AvgIpc) is 3.00. The Hall–Kier alpha value is -1.14. The molecule has 0 aliphatic rings. The molecule has 0 spiro atoms. The quantitative estimate of drug-likeness (QED) is 0.843. The van der Waals surface area contributed by atoms with Gasteiger partial charge in [-0.05, 0) is 41.4 Å². The number of rotatable bonds is 7. The molecule has 20 heavy (non-hydrogen) atoms. The van der Waals surface area contributed by atoms with Gasteiger partial charge in [0.15, 0.2) is 0 Å². The number of aryl methyl sites for hydroxylation is 2. The van der Waals surface area contributed by atoms with Gasteiger partial charge in [0.05, 0.1) is 28.1 Å². The Kier molecular flexibility index (Phi) is 5.37. The van der Waals surface area contributed by atoms with Gasteiger partial charge >= 0.3 is 0 Å². The van der Waals surface area contributed by atoms with Crippen LogP contribution in [0.2, 0.25) is 0 Å². The van der Waals surface area contributed by atoms with Gasteiger partial charge in [-0.15, -0.1) is 0 Å². The highest BCUT2D eigenvalue weighted by molar-refractivity contribution is 9.10. The highest BCUT2D eigenvalue weighted by Crippen LogP contribution is 2.28. The SMILES string of the molecule is CCCNC(c1ccnn1C)c1c(Br)cnn1CCC. The van der Waals surface area contributed by atoms with Gasteiger partial charge in [-0.25, -0.2) is 0 Å². The van der Waals surface area contributed by atoms with Gasteiger partial charge in [-0.1, -0.05) is 13.8 Å². The van der Waals surface area contributed by atoms with Gasteiger partial charge in [0, 0.05) is 19.8 Å². The van der Waals surface area contributed by atoms with Crippen LogP contribution in [0.5, 0.6) is 0 Å². The minimum Gasteiger partial charge on any atom is -0.304 e. The molecule has 0 aliphatic heterocycles. The molecule has 110 valence electrons. The minimum atomic E-state index is 0.103. The Balaban J connectivity index is 2.41. The first-order valence-electron chi connectivity index (χ1n) is 7.11. The zero-order valence-electron chi connectivity index (χ0n) is 12.3. The van der Waals surface area contributed by atoms with Crippen LogP contribution in [0.15, 0.2) is 22.9 Å². The Bertz CT molecular complexity index is 546. The number of nitrogens with zero attached hydrogens (tertiary/aromatic N) is 4. The topological polar surface area (TPSA) is 47.7 Å². The van der Waals surface area contributed by atoms with Gasteiger partial charge in [-0.3, -0.25) is 9.36 Å². The van der Waals surface area contributed by atoms with Crippen molar-refractivity contribution in [3.63, 3.8) is 0 Å². The predicted octanol–water partition coefficient (Wildman–Crippen LogP) is 2.88. The number of hydrogen-bond acceptors (Lipinski definition) is 3. The summed E-state index contributed by atoms with van der Waals surface area (Å²) >= 11 is 3.64. The molecule has 0 aromatic carbocycles. The highest BCUT2D eigenvalue weighted by atomic mass is 79.9. The Labute approximate surface area is 128 Å². The van der Waals surface area contributed by atoms with Crippen LogP contribution in [0.1, 0.15) is 44.1 Å². The van der Waals surface area contributed by atoms with Crippen molar-refractivity contribution in [2.75, 3.05) is 6.54 Å². The van der Waals surface area contributed by atoms with Crippen molar-refractivity contribution in [1.82, 2.24) is 24.9 Å². The van der Waals surface area contributed by atoms with Crippen LogP contribution < -0.4 is 5.32 Å². The molecule has 0 saturated carbocycles. The van der Waals surface area contributed by atoms with E-state index < -0.39 is 0 Å². The maximum absolute atomic E-state index is 4.47. The smallest absolute Gasteiger partial charge is 0.0930 e. The first-order valence-corrected chi connectivity index (χ1v) is 7.90. The fraction of sp³-hybridized carbons (Fsp3) is 0.571. The summed E-state index contributed by atoms with van der Waals surface area (Å²) in [5, 5.41) is 12.4. The molecule has 2 heterocycles. The van der Waals surface area contributed by atoms with E-state index in [2.05, 4.69) is 56.0 Å². The van der Waals surface area contributed by atoms with E-state index in [9.17, 15) is 0 Å². The van der Waals surface area contributed by atoms with Crippen LogP contribution in [0, 0.1) is 0 Å². The van der Waals surface area contributed by atoms with Crippen LogP contribution in [0.25, 0.3) is 0 Å². The molecule has 1 unspecified atom stereocenters. The molecule has 0 radical (unpaired) electrons. The number of nitrogens with one attached hydrogen (secondary N) is 1. The van der Waals surface area contributed by atoms with Crippen LogP contribution >= 0.6 is 15.9 Å². The Morgan fingerprint density at radius 2 is 2.10 bits per heavy atom. The summed E-state index contributed by atoms with van der Waals surface area (Å²) in [6, 6.07) is 2.16. The fourth-order valence-electron chi connectivity index (χ4n) is 2.35. The lowest BCUT2D eigenvalue weighted by Gasteiger charge is -2.21. The third-order valence-corrected chi connectivity index (χ3v) is 3.91. The van der Waals surface area contributed by atoms with Gasteiger partial charge in [0.2, 0.25) is 0 Å². The maximum Gasteiger partial charge on any atom is 0.0930 e. The van der Waals surface area contributed by atoms with Crippen LogP contribution in [0.4, 0.5) is 0 Å². The zero-order chi connectivity index (χ0) is 14.5. The van der Waals surface area contributed by atoms with Crippen molar-refractivity contribution in [3.8, 4) is 0 Å². The molecule has 0 fully saturated rings. The number of aromatic nitrogens is 4. The molecule has 6 heteroatoms. The molecule has 0 aliphatic carbocycles. The first kappa shape index (κ1) is 15.3. The van der Waals surface area contributed by atoms with E-state index in [0.29, 0.717) is 0 Å². The van der Waals surface area contributed by atoms with E-state index in [1.165, 1.54) is 5.69 Å². The van der Waals surface area contributed by atoms with E-state index >= 15 is 0 Å². The van der Waals surface area contributed by atoms with Crippen molar-refractivity contribution >= 4 is 15.9 Å². The predicted molar refractivity (Wildman–Crippen MR) is 83.6 cm³/mol. The molecular weight excluding hydrogens is 318 g/mol. The lowest BCUT2D eigenvalue weighted by molar-refractivity contribution is 0.490. The normalized spacial score (nSPS) is 12.8. The van der Waals surface area contributed by atoms with Crippen LogP contribution in [-0.4, -0.2) is 26.1 Å². The van der Waals surface area contributed by atoms with Crippen LogP contribution in [0.3, 0.4) is 0 Å². The van der Waals surface area contributed by atoms with Gasteiger partial charge < -0.3 is 5.32 Å². The van der Waals surface area contributed by atoms with Gasteiger partial charge in [0.25, 0.3) is 0 Å². The third kappa shape index (κ3) is 3.12. The maximum atomic E-state index is 4.47. The molecule has 0 amide bonds. The lowest BCUT2D eigenvalue weighted by atomic mass is 10.1. The molecule has 0 bridgehead atoms. The van der Waals surface area contributed by atoms with Gasteiger partial charge in [0.1, 0.15) is 0 Å². The summed E-state index contributed by atoms with van der Waals surface area (Å²) < 4.78 is 5.04. The second kappa shape index (κ2) is 7.04. The third-order valence-electron chi connectivity index (χ3n) is 3.30. The van der Waals surface area contributed by atoms with E-state index in [0.717, 1.165) is 36.1 Å². The molecule has 2 aromatic rings. The second-order valence-corrected chi connectivity index (χ2v) is 5.72. The molecule has 0 saturated heterocycles. The second-order valence-electron chi connectivity index (χ2n) is 4.87. The summed E-state index contributed by atoms with van der Waals surface area (Å²) in [5.41, 5.74) is 2.32. The standard InChI is InChI=1S/C14H22BrN5/c1-4-7-16-13(12-6-8-17-19(12)3)14-11(15)10-18-20(14)9-5-2/h6,8,10,13,16H,4-5,7,9H2,1-3H3. The zero-order valence-corrected chi connectivity index (χ0v) is 13.9. The van der Waals surface area contributed by atoms with Crippen molar-refractivity contribution in [2.24, 2.45) is 7.05 Å². The Morgan fingerprint density at radius 3 is 2.70 bits per heavy atom. The van der Waals surface area contributed by atoms with Crippen LogP contribution in [-0.2, 0) is 13.6 Å². The lowest BCUT2D eigenvalue weighted by Crippen LogP contribution is -2.28. The molecule has 1 atom stereocenters. The summed E-state index contributed by atoms with van der Waals surface area (Å²) in [4.78, 5) is 0. The fourth-order valence-corrected chi connectivity index (χ4v) is 2.87. The van der Waals surface area contributed by atoms with E-state index in [1.54, 1.807) is 0 Å². The molecule has 1 N–H and O–H groups in total. The molecule has 5 nitrogen and oxygen atoms in total. The van der Waals surface area contributed by atoms with Crippen molar-refractivity contribution < 1.29 is 0 Å². The molecule has 2 aromatic heterocycles. The van der Waals surface area contributed by atoms with Crippen molar-refractivity contribution in [2.45, 2.75) is 39.3 Å². The number of hydrogen-bond donors (Lipinski definition) is 1. The summed E-state index contributed by atoms with van der Waals surface area (Å²) in [6.07, 6.45) is 5.87. The van der Waals surface area contributed by atoms with Crippen molar-refractivity contribution in [1.29, 1.82) is 0 Å². The number of halogens is 1. The Morgan fingerprint density at radius 1 is 1.30 bits per heavy atom.